The van der Waals surface area contributed by atoms with Gasteiger partial charge in [-0.25, -0.2) is 0 Å². The lowest BCUT2D eigenvalue weighted by Gasteiger charge is -2.31. The summed E-state index contributed by atoms with van der Waals surface area (Å²) in [5.74, 6) is 0. The Hall–Kier alpha value is -1.13. The van der Waals surface area contributed by atoms with Crippen LogP contribution in [0.2, 0.25) is 10.0 Å². The first-order chi connectivity index (χ1) is 11.7. The normalized spacial score (nSPS) is 17.5. The van der Waals surface area contributed by atoms with Crippen LogP contribution in [-0.4, -0.2) is 36.1 Å². The summed E-state index contributed by atoms with van der Waals surface area (Å²) in [6.45, 7) is 6.14. The minimum Gasteiger partial charge on any atom is -0.315 e. The molecular formula is C19H23Cl2N3. The Bertz CT molecular complexity index is 665. The van der Waals surface area contributed by atoms with Gasteiger partial charge in [-0.15, -0.1) is 0 Å². The Morgan fingerprint density at radius 3 is 2.79 bits per heavy atom. The smallest absolute Gasteiger partial charge is 0.0791 e. The number of benzene rings is 1. The maximum atomic E-state index is 6.55. The van der Waals surface area contributed by atoms with Gasteiger partial charge in [0.05, 0.1) is 21.8 Å². The third kappa shape index (κ3) is 3.92. The van der Waals surface area contributed by atoms with Gasteiger partial charge in [-0.3, -0.25) is 9.88 Å². The van der Waals surface area contributed by atoms with E-state index in [1.807, 2.05) is 18.3 Å². The molecule has 0 radical (unpaired) electrons. The molecule has 5 heteroatoms. The van der Waals surface area contributed by atoms with E-state index in [-0.39, 0.29) is 6.04 Å². The maximum absolute atomic E-state index is 6.55. The van der Waals surface area contributed by atoms with Crippen LogP contribution in [0.3, 0.4) is 0 Å². The zero-order valence-corrected chi connectivity index (χ0v) is 15.4. The van der Waals surface area contributed by atoms with E-state index in [0.717, 1.165) is 50.3 Å². The maximum Gasteiger partial charge on any atom is 0.0791 e. The van der Waals surface area contributed by atoms with Crippen molar-refractivity contribution in [3.8, 4) is 0 Å². The fourth-order valence-corrected chi connectivity index (χ4v) is 3.62. The highest BCUT2D eigenvalue weighted by molar-refractivity contribution is 6.42. The van der Waals surface area contributed by atoms with Crippen LogP contribution in [0.5, 0.6) is 0 Å². The number of pyridine rings is 1. The lowest BCUT2D eigenvalue weighted by atomic mass is 10.00. The summed E-state index contributed by atoms with van der Waals surface area (Å²) in [7, 11) is 0. The summed E-state index contributed by atoms with van der Waals surface area (Å²) in [6, 6.07) is 10.2. The standard InChI is InChI=1S/C19H23Cl2N3/c1-2-14-7-8-17(23-13-14)19(24-11-4-9-22-10-12-24)15-5-3-6-16(20)18(15)21/h3,5-8,13,19,22H,2,4,9-12H2,1H3. The topological polar surface area (TPSA) is 28.2 Å². The number of nitrogens with one attached hydrogen (secondary N) is 1. The number of rotatable bonds is 4. The van der Waals surface area contributed by atoms with Crippen LogP contribution in [0.15, 0.2) is 36.5 Å². The van der Waals surface area contributed by atoms with Gasteiger partial charge in [0, 0.05) is 25.8 Å². The molecule has 24 heavy (non-hydrogen) atoms. The largest absolute Gasteiger partial charge is 0.315 e. The molecule has 1 aromatic carbocycles. The second-order valence-corrected chi connectivity index (χ2v) is 6.92. The monoisotopic (exact) mass is 363 g/mol. The number of hydrogen-bond acceptors (Lipinski definition) is 3. The molecule has 2 heterocycles. The second kappa shape index (κ2) is 8.30. The van der Waals surface area contributed by atoms with Crippen molar-refractivity contribution in [1.82, 2.24) is 15.2 Å². The molecule has 1 aliphatic heterocycles. The molecular weight excluding hydrogens is 341 g/mol. The quantitative estimate of drug-likeness (QED) is 0.875. The summed E-state index contributed by atoms with van der Waals surface area (Å²) >= 11 is 12.8. The van der Waals surface area contributed by atoms with Gasteiger partial charge in [-0.05, 0) is 42.6 Å². The predicted octanol–water partition coefficient (Wildman–Crippen LogP) is 4.34. The van der Waals surface area contributed by atoms with Crippen LogP contribution in [0.25, 0.3) is 0 Å². The van der Waals surface area contributed by atoms with Crippen LogP contribution in [0.4, 0.5) is 0 Å². The van der Waals surface area contributed by atoms with Crippen molar-refractivity contribution in [3.63, 3.8) is 0 Å². The zero-order chi connectivity index (χ0) is 16.9. The van der Waals surface area contributed by atoms with Gasteiger partial charge in [-0.1, -0.05) is 48.3 Å². The van der Waals surface area contributed by atoms with Crippen LogP contribution >= 0.6 is 23.2 Å². The minimum atomic E-state index is 0.0296. The molecule has 1 unspecified atom stereocenters. The van der Waals surface area contributed by atoms with E-state index in [1.54, 1.807) is 0 Å². The molecule has 1 fully saturated rings. The van der Waals surface area contributed by atoms with Gasteiger partial charge in [-0.2, -0.15) is 0 Å². The van der Waals surface area contributed by atoms with Crippen LogP contribution in [0, 0.1) is 0 Å². The van der Waals surface area contributed by atoms with Crippen molar-refractivity contribution < 1.29 is 0 Å². The molecule has 1 aromatic heterocycles. The molecule has 0 saturated carbocycles. The van der Waals surface area contributed by atoms with E-state index in [4.69, 9.17) is 28.2 Å². The molecule has 2 aromatic rings. The third-order valence-corrected chi connectivity index (χ3v) is 5.39. The van der Waals surface area contributed by atoms with E-state index in [9.17, 15) is 0 Å². The average molecular weight is 364 g/mol. The summed E-state index contributed by atoms with van der Waals surface area (Å²) in [6.07, 6.45) is 4.07. The fraction of sp³-hybridized carbons (Fsp3) is 0.421. The van der Waals surface area contributed by atoms with Gasteiger partial charge in [0.2, 0.25) is 0 Å². The Balaban J connectivity index is 2.03. The van der Waals surface area contributed by atoms with E-state index in [1.165, 1.54) is 5.56 Å². The van der Waals surface area contributed by atoms with E-state index < -0.39 is 0 Å². The van der Waals surface area contributed by atoms with Gasteiger partial charge < -0.3 is 5.32 Å². The van der Waals surface area contributed by atoms with Crippen molar-refractivity contribution in [3.05, 3.63) is 63.4 Å². The molecule has 3 rings (SSSR count). The highest BCUT2D eigenvalue weighted by Crippen LogP contribution is 2.36. The number of nitrogens with zero attached hydrogens (tertiary/aromatic N) is 2. The van der Waals surface area contributed by atoms with Crippen molar-refractivity contribution >= 4 is 23.2 Å². The second-order valence-electron chi connectivity index (χ2n) is 6.13. The summed E-state index contributed by atoms with van der Waals surface area (Å²) in [5, 5.41) is 4.68. The van der Waals surface area contributed by atoms with Crippen molar-refractivity contribution in [1.29, 1.82) is 0 Å². The molecule has 128 valence electrons. The third-order valence-electron chi connectivity index (χ3n) is 4.55. The highest BCUT2D eigenvalue weighted by Gasteiger charge is 2.26. The average Bonchev–Trinajstić information content (AvgIpc) is 2.89. The first kappa shape index (κ1) is 17.7. The molecule has 0 spiro atoms. The number of aryl methyl sites for hydroxylation is 1. The lowest BCUT2D eigenvalue weighted by molar-refractivity contribution is 0.237. The summed E-state index contributed by atoms with van der Waals surface area (Å²) in [5.41, 5.74) is 3.30. The van der Waals surface area contributed by atoms with Gasteiger partial charge in [0.25, 0.3) is 0 Å². The van der Waals surface area contributed by atoms with Gasteiger partial charge in [0.15, 0.2) is 0 Å². The molecule has 1 saturated heterocycles. The van der Waals surface area contributed by atoms with Gasteiger partial charge in [0.1, 0.15) is 0 Å². The highest BCUT2D eigenvalue weighted by atomic mass is 35.5. The molecule has 0 bridgehead atoms. The van der Waals surface area contributed by atoms with Crippen LogP contribution in [-0.2, 0) is 6.42 Å². The fourth-order valence-electron chi connectivity index (χ4n) is 3.21. The van der Waals surface area contributed by atoms with E-state index >= 15 is 0 Å². The predicted molar refractivity (Wildman–Crippen MR) is 101 cm³/mol. The molecule has 1 aliphatic rings. The Kier molecular flexibility index (Phi) is 6.12. The van der Waals surface area contributed by atoms with Crippen LogP contribution < -0.4 is 5.32 Å². The molecule has 0 aliphatic carbocycles. The lowest BCUT2D eigenvalue weighted by Crippen LogP contribution is -2.33. The Labute approximate surface area is 154 Å². The summed E-state index contributed by atoms with van der Waals surface area (Å²) < 4.78 is 0. The molecule has 1 atom stereocenters. The number of aromatic nitrogens is 1. The first-order valence-electron chi connectivity index (χ1n) is 8.54. The SMILES string of the molecule is CCc1ccc(C(c2cccc(Cl)c2Cl)N2CCCNCC2)nc1. The van der Waals surface area contributed by atoms with Crippen molar-refractivity contribution in [2.24, 2.45) is 0 Å². The van der Waals surface area contributed by atoms with E-state index in [0.29, 0.717) is 10.0 Å². The summed E-state index contributed by atoms with van der Waals surface area (Å²) in [4.78, 5) is 7.19. The molecule has 3 nitrogen and oxygen atoms in total. The molecule has 1 N–H and O–H groups in total. The van der Waals surface area contributed by atoms with Crippen LogP contribution in [0.1, 0.15) is 36.2 Å². The number of halogens is 2. The van der Waals surface area contributed by atoms with Crippen molar-refractivity contribution in [2.45, 2.75) is 25.8 Å². The van der Waals surface area contributed by atoms with E-state index in [2.05, 4.69) is 35.3 Å². The van der Waals surface area contributed by atoms with Gasteiger partial charge >= 0.3 is 0 Å². The zero-order valence-electron chi connectivity index (χ0n) is 13.9. The molecule has 0 amide bonds. The first-order valence-corrected chi connectivity index (χ1v) is 9.29. The Morgan fingerprint density at radius 2 is 2.04 bits per heavy atom. The Morgan fingerprint density at radius 1 is 1.17 bits per heavy atom. The number of hydrogen-bond donors (Lipinski definition) is 1. The minimum absolute atomic E-state index is 0.0296. The van der Waals surface area contributed by atoms with Crippen molar-refractivity contribution in [2.75, 3.05) is 26.2 Å².